The van der Waals surface area contributed by atoms with Gasteiger partial charge in [-0.2, -0.15) is 0 Å². The zero-order valence-corrected chi connectivity index (χ0v) is 20.5. The van der Waals surface area contributed by atoms with Crippen molar-refractivity contribution >= 4 is 34.7 Å². The second-order valence-corrected chi connectivity index (χ2v) is 9.57. The smallest absolute Gasteiger partial charge is 0.231 e. The Kier molecular flexibility index (Phi) is 6.43. The molecular formula is C23H21ClN4O3S2. The quantitative estimate of drug-likeness (QED) is 0.275. The Labute approximate surface area is 204 Å². The molecule has 0 fully saturated rings. The van der Waals surface area contributed by atoms with Crippen LogP contribution in [0.25, 0.3) is 10.6 Å². The van der Waals surface area contributed by atoms with E-state index in [1.807, 2.05) is 43.3 Å². The van der Waals surface area contributed by atoms with Crippen molar-refractivity contribution in [2.24, 2.45) is 0 Å². The maximum absolute atomic E-state index is 6.24. The molecule has 0 radical (unpaired) electrons. The molecule has 0 unspecified atom stereocenters. The van der Waals surface area contributed by atoms with Gasteiger partial charge in [0.1, 0.15) is 17.4 Å². The molecule has 7 nitrogen and oxygen atoms in total. The highest BCUT2D eigenvalue weighted by Crippen LogP contribution is 2.37. The van der Waals surface area contributed by atoms with E-state index in [0.29, 0.717) is 23.1 Å². The van der Waals surface area contributed by atoms with E-state index >= 15 is 0 Å². The van der Waals surface area contributed by atoms with E-state index in [2.05, 4.69) is 27.1 Å². The topological polar surface area (TPSA) is 71.3 Å². The molecule has 33 heavy (non-hydrogen) atoms. The van der Waals surface area contributed by atoms with Gasteiger partial charge in [-0.25, -0.2) is 4.98 Å². The molecule has 2 aromatic heterocycles. The third-order valence-electron chi connectivity index (χ3n) is 5.07. The van der Waals surface area contributed by atoms with Gasteiger partial charge < -0.3 is 18.8 Å². The Hall–Kier alpha value is -2.75. The summed E-state index contributed by atoms with van der Waals surface area (Å²) >= 11 is 9.46. The lowest BCUT2D eigenvalue weighted by atomic mass is 10.2. The molecule has 1 aliphatic heterocycles. The van der Waals surface area contributed by atoms with Gasteiger partial charge in [0.2, 0.25) is 6.79 Å². The number of nitrogens with zero attached hydrogens (tertiary/aromatic N) is 4. The van der Waals surface area contributed by atoms with E-state index in [1.54, 1.807) is 23.1 Å². The van der Waals surface area contributed by atoms with Crippen molar-refractivity contribution in [1.82, 2.24) is 19.7 Å². The minimum atomic E-state index is 0.266. The first-order valence-electron chi connectivity index (χ1n) is 10.4. The second kappa shape index (κ2) is 9.62. The SMILES string of the molecule is CCn1c(COc2cc(C)ccc2Cl)nnc1SCc1csc(-c2ccc3c(c2)OCO3)n1. The second-order valence-electron chi connectivity index (χ2n) is 7.37. The number of thiazole rings is 1. The van der Waals surface area contributed by atoms with Crippen LogP contribution in [0.4, 0.5) is 0 Å². The summed E-state index contributed by atoms with van der Waals surface area (Å²) in [6, 6.07) is 11.6. The van der Waals surface area contributed by atoms with E-state index in [1.165, 1.54) is 0 Å². The lowest BCUT2D eigenvalue weighted by molar-refractivity contribution is 0.174. The minimum absolute atomic E-state index is 0.266. The van der Waals surface area contributed by atoms with Crippen LogP contribution in [0.3, 0.4) is 0 Å². The molecule has 0 N–H and O–H groups in total. The van der Waals surface area contributed by atoms with Crippen LogP contribution in [-0.4, -0.2) is 26.5 Å². The Bertz CT molecular complexity index is 1290. The molecular weight excluding hydrogens is 480 g/mol. The number of ether oxygens (including phenoxy) is 3. The van der Waals surface area contributed by atoms with Gasteiger partial charge in [0.25, 0.3) is 0 Å². The molecule has 5 rings (SSSR count). The fraction of sp³-hybridized carbons (Fsp3) is 0.261. The largest absolute Gasteiger partial charge is 0.484 e. The number of halogens is 1. The van der Waals surface area contributed by atoms with Crippen LogP contribution in [0.5, 0.6) is 17.2 Å². The zero-order valence-electron chi connectivity index (χ0n) is 18.1. The molecule has 0 atom stereocenters. The predicted molar refractivity (Wildman–Crippen MR) is 129 cm³/mol. The van der Waals surface area contributed by atoms with E-state index < -0.39 is 0 Å². The highest BCUT2D eigenvalue weighted by atomic mass is 35.5. The van der Waals surface area contributed by atoms with Gasteiger partial charge in [-0.15, -0.1) is 21.5 Å². The van der Waals surface area contributed by atoms with Crippen molar-refractivity contribution in [1.29, 1.82) is 0 Å². The van der Waals surface area contributed by atoms with Crippen molar-refractivity contribution < 1.29 is 14.2 Å². The number of hydrogen-bond acceptors (Lipinski definition) is 8. The maximum atomic E-state index is 6.24. The molecule has 0 aliphatic carbocycles. The third kappa shape index (κ3) is 4.80. The summed E-state index contributed by atoms with van der Waals surface area (Å²) in [4.78, 5) is 4.78. The number of aromatic nitrogens is 4. The molecule has 4 aromatic rings. The van der Waals surface area contributed by atoms with Crippen LogP contribution < -0.4 is 14.2 Å². The average Bonchev–Trinajstić information content (AvgIpc) is 3.56. The highest BCUT2D eigenvalue weighted by Gasteiger charge is 2.17. The van der Waals surface area contributed by atoms with E-state index in [-0.39, 0.29) is 6.79 Å². The molecule has 0 amide bonds. The standard InChI is InChI=1S/C23H21ClN4O3S2/c1-3-28-21(10-29-19-8-14(2)4-6-17(19)24)26-27-23(28)33-12-16-11-32-22(25-16)15-5-7-18-20(9-15)31-13-30-18/h4-9,11H,3,10,12-13H2,1-2H3. The lowest BCUT2D eigenvalue weighted by Crippen LogP contribution is -2.07. The van der Waals surface area contributed by atoms with Crippen LogP contribution in [0.15, 0.2) is 46.9 Å². The van der Waals surface area contributed by atoms with Gasteiger partial charge in [0.15, 0.2) is 22.5 Å². The monoisotopic (exact) mass is 500 g/mol. The number of thioether (sulfide) groups is 1. The predicted octanol–water partition coefficient (Wildman–Crippen LogP) is 5.98. The number of fused-ring (bicyclic) bond motifs is 1. The Morgan fingerprint density at radius 1 is 1.15 bits per heavy atom. The number of aryl methyl sites for hydroxylation is 1. The first-order valence-corrected chi connectivity index (χ1v) is 12.6. The van der Waals surface area contributed by atoms with Gasteiger partial charge in [-0.05, 0) is 49.7 Å². The summed E-state index contributed by atoms with van der Waals surface area (Å²) in [6.45, 7) is 5.38. The molecule has 170 valence electrons. The van der Waals surface area contributed by atoms with E-state index in [4.69, 9.17) is 30.8 Å². The average molecular weight is 501 g/mol. The molecule has 2 aromatic carbocycles. The number of rotatable bonds is 8. The maximum Gasteiger partial charge on any atom is 0.231 e. The summed E-state index contributed by atoms with van der Waals surface area (Å²) in [5.41, 5.74) is 3.10. The fourth-order valence-corrected chi connectivity index (χ4v) is 5.40. The summed E-state index contributed by atoms with van der Waals surface area (Å²) in [5, 5.41) is 13.1. The first-order chi connectivity index (χ1) is 16.1. The van der Waals surface area contributed by atoms with Crippen LogP contribution in [-0.2, 0) is 18.9 Å². The van der Waals surface area contributed by atoms with Crippen LogP contribution in [0.1, 0.15) is 24.0 Å². The minimum Gasteiger partial charge on any atom is -0.484 e. The van der Waals surface area contributed by atoms with Crippen molar-refractivity contribution in [2.75, 3.05) is 6.79 Å². The first kappa shape index (κ1) is 22.1. The Balaban J connectivity index is 1.24. The van der Waals surface area contributed by atoms with Crippen molar-refractivity contribution in [3.05, 3.63) is 63.9 Å². The molecule has 1 aliphatic rings. The van der Waals surface area contributed by atoms with Gasteiger partial charge >= 0.3 is 0 Å². The van der Waals surface area contributed by atoms with E-state index in [0.717, 1.165) is 50.9 Å². The van der Waals surface area contributed by atoms with Gasteiger partial charge in [0, 0.05) is 23.2 Å². The molecule has 0 saturated carbocycles. The van der Waals surface area contributed by atoms with Crippen molar-refractivity contribution in [2.45, 2.75) is 37.9 Å². The normalized spacial score (nSPS) is 12.3. The highest BCUT2D eigenvalue weighted by molar-refractivity contribution is 7.98. The van der Waals surface area contributed by atoms with Gasteiger partial charge in [-0.1, -0.05) is 29.4 Å². The van der Waals surface area contributed by atoms with Gasteiger partial charge in [-0.3, -0.25) is 0 Å². The van der Waals surface area contributed by atoms with E-state index in [9.17, 15) is 0 Å². The fourth-order valence-electron chi connectivity index (χ4n) is 3.39. The number of hydrogen-bond donors (Lipinski definition) is 0. The Morgan fingerprint density at radius 3 is 2.91 bits per heavy atom. The summed E-state index contributed by atoms with van der Waals surface area (Å²) in [5.74, 6) is 3.64. The van der Waals surface area contributed by atoms with Crippen LogP contribution in [0.2, 0.25) is 5.02 Å². The van der Waals surface area contributed by atoms with Gasteiger partial charge in [0.05, 0.1) is 10.7 Å². The Morgan fingerprint density at radius 2 is 2.03 bits per heavy atom. The van der Waals surface area contributed by atoms with Crippen molar-refractivity contribution in [3.63, 3.8) is 0 Å². The number of benzene rings is 2. The third-order valence-corrected chi connectivity index (χ3v) is 7.33. The van der Waals surface area contributed by atoms with Crippen molar-refractivity contribution in [3.8, 4) is 27.8 Å². The molecule has 0 bridgehead atoms. The molecule has 10 heteroatoms. The summed E-state index contributed by atoms with van der Waals surface area (Å²) in [6.07, 6.45) is 0. The van der Waals surface area contributed by atoms with Crippen LogP contribution >= 0.6 is 34.7 Å². The van der Waals surface area contributed by atoms with Crippen LogP contribution in [0, 0.1) is 6.92 Å². The lowest BCUT2D eigenvalue weighted by Gasteiger charge is -2.10. The molecule has 3 heterocycles. The summed E-state index contributed by atoms with van der Waals surface area (Å²) in [7, 11) is 0. The molecule has 0 saturated heterocycles. The zero-order chi connectivity index (χ0) is 22.8. The summed E-state index contributed by atoms with van der Waals surface area (Å²) < 4.78 is 18.8. The molecule has 0 spiro atoms.